The van der Waals surface area contributed by atoms with E-state index in [0.29, 0.717) is 11.1 Å². The minimum atomic E-state index is -5.06. The van der Waals surface area contributed by atoms with Gasteiger partial charge in [-0.3, -0.25) is 14.3 Å². The van der Waals surface area contributed by atoms with Gasteiger partial charge in [-0.25, -0.2) is 9.38 Å². The molecule has 2 aromatic carbocycles. The number of carbonyl (C=O) groups excluding carboxylic acids is 2. The standard InChI is InChI=1S/C24H18F4N6O2/c1-12-18(20(24(26,27)28)33-34(12)11-14-7-5-13(10-29)6-8-14)23(22(31)36)9-17(21(30)35)32-16-4-2-3-15(25)19(16)23/h2-8H,9,11H2,1H3,(H2,30,35)(H2,31,36). The summed E-state index contributed by atoms with van der Waals surface area (Å²) in [5.74, 6) is -3.44. The Morgan fingerprint density at radius 2 is 1.81 bits per heavy atom. The number of aliphatic imine (C=N–C) groups is 1. The van der Waals surface area contributed by atoms with Crippen LogP contribution in [0.5, 0.6) is 0 Å². The van der Waals surface area contributed by atoms with Crippen molar-refractivity contribution in [3.8, 4) is 6.07 Å². The highest BCUT2D eigenvalue weighted by atomic mass is 19.4. The molecule has 3 aromatic rings. The summed E-state index contributed by atoms with van der Waals surface area (Å²) < 4.78 is 59.2. The van der Waals surface area contributed by atoms with Gasteiger partial charge in [0.1, 0.15) is 16.9 Å². The van der Waals surface area contributed by atoms with Crippen molar-refractivity contribution in [3.05, 3.63) is 81.9 Å². The Balaban J connectivity index is 2.03. The smallest absolute Gasteiger partial charge is 0.369 e. The van der Waals surface area contributed by atoms with Gasteiger partial charge in [0.15, 0.2) is 5.69 Å². The van der Waals surface area contributed by atoms with Crippen molar-refractivity contribution in [3.63, 3.8) is 0 Å². The zero-order chi connectivity index (χ0) is 26.4. The van der Waals surface area contributed by atoms with E-state index in [0.717, 1.165) is 10.7 Å². The zero-order valence-corrected chi connectivity index (χ0v) is 18.7. The first-order valence-electron chi connectivity index (χ1n) is 10.5. The molecule has 0 fully saturated rings. The second-order valence-electron chi connectivity index (χ2n) is 8.28. The molecule has 0 spiro atoms. The molecule has 184 valence electrons. The first kappa shape index (κ1) is 24.6. The van der Waals surface area contributed by atoms with Crippen LogP contribution in [0.25, 0.3) is 0 Å². The van der Waals surface area contributed by atoms with Crippen molar-refractivity contribution in [2.24, 2.45) is 16.5 Å². The van der Waals surface area contributed by atoms with Crippen molar-refractivity contribution < 1.29 is 27.2 Å². The number of hydrogen-bond donors (Lipinski definition) is 2. The van der Waals surface area contributed by atoms with Crippen molar-refractivity contribution in [2.75, 3.05) is 0 Å². The topological polar surface area (TPSA) is 140 Å². The minimum Gasteiger partial charge on any atom is -0.369 e. The molecular weight excluding hydrogens is 480 g/mol. The van der Waals surface area contributed by atoms with Crippen molar-refractivity contribution in [1.29, 1.82) is 5.26 Å². The lowest BCUT2D eigenvalue weighted by molar-refractivity contribution is -0.142. The summed E-state index contributed by atoms with van der Waals surface area (Å²) in [6.45, 7) is 1.14. The first-order chi connectivity index (χ1) is 16.9. The molecule has 0 bridgehead atoms. The van der Waals surface area contributed by atoms with E-state index < -0.39 is 58.2 Å². The van der Waals surface area contributed by atoms with E-state index in [-0.39, 0.29) is 17.9 Å². The van der Waals surface area contributed by atoms with Gasteiger partial charge < -0.3 is 11.5 Å². The molecule has 8 nitrogen and oxygen atoms in total. The molecule has 0 saturated carbocycles. The summed E-state index contributed by atoms with van der Waals surface area (Å²) in [5.41, 5.74) is 6.07. The predicted molar refractivity (Wildman–Crippen MR) is 120 cm³/mol. The molecule has 12 heteroatoms. The van der Waals surface area contributed by atoms with Crippen LogP contribution in [0.3, 0.4) is 0 Å². The number of carbonyl (C=O) groups is 2. The fraction of sp³-hybridized carbons (Fsp3) is 0.208. The normalized spacial score (nSPS) is 17.2. The SMILES string of the molecule is Cc1c(C2(C(N)=O)CC(C(N)=O)=Nc3cccc(F)c32)c(C(F)(F)F)nn1Cc1ccc(C#N)cc1. The molecule has 0 saturated heterocycles. The highest BCUT2D eigenvalue weighted by Gasteiger charge is 2.55. The van der Waals surface area contributed by atoms with Crippen LogP contribution in [0.2, 0.25) is 0 Å². The Bertz CT molecular complexity index is 1470. The molecule has 1 aliphatic heterocycles. The number of nitrogens with two attached hydrogens (primary N) is 2. The lowest BCUT2D eigenvalue weighted by Gasteiger charge is -2.36. The molecular formula is C24H18F4N6O2. The maximum absolute atomic E-state index is 15.2. The number of hydrogen-bond acceptors (Lipinski definition) is 5. The number of halogens is 4. The van der Waals surface area contributed by atoms with E-state index in [9.17, 15) is 22.8 Å². The van der Waals surface area contributed by atoms with Gasteiger partial charge in [0, 0.05) is 23.2 Å². The van der Waals surface area contributed by atoms with E-state index in [2.05, 4.69) is 10.1 Å². The van der Waals surface area contributed by atoms with Gasteiger partial charge in [-0.15, -0.1) is 0 Å². The Kier molecular flexibility index (Phi) is 5.87. The minimum absolute atomic E-state index is 0.120. The van der Waals surface area contributed by atoms with Crippen molar-refractivity contribution >= 4 is 23.2 Å². The van der Waals surface area contributed by atoms with E-state index in [4.69, 9.17) is 16.7 Å². The highest BCUT2D eigenvalue weighted by molar-refractivity contribution is 6.40. The van der Waals surface area contributed by atoms with Gasteiger partial charge in [0.25, 0.3) is 5.91 Å². The second kappa shape index (κ2) is 8.60. The van der Waals surface area contributed by atoms with Gasteiger partial charge in [-0.05, 0) is 36.8 Å². The summed E-state index contributed by atoms with van der Waals surface area (Å²) in [7, 11) is 0. The third-order valence-corrected chi connectivity index (χ3v) is 6.13. The number of nitriles is 1. The number of rotatable bonds is 5. The van der Waals surface area contributed by atoms with E-state index in [1.807, 2.05) is 6.07 Å². The van der Waals surface area contributed by atoms with Gasteiger partial charge in [-0.1, -0.05) is 18.2 Å². The molecule has 4 rings (SSSR count). The maximum atomic E-state index is 15.2. The fourth-order valence-electron chi connectivity index (χ4n) is 4.51. The Labute approximate surface area is 201 Å². The van der Waals surface area contributed by atoms with E-state index in [1.165, 1.54) is 31.2 Å². The number of fused-ring (bicyclic) bond motifs is 1. The van der Waals surface area contributed by atoms with Crippen molar-refractivity contribution in [2.45, 2.75) is 31.5 Å². The number of aromatic nitrogens is 2. The van der Waals surface area contributed by atoms with Crippen molar-refractivity contribution in [1.82, 2.24) is 9.78 Å². The van der Waals surface area contributed by atoms with Gasteiger partial charge >= 0.3 is 6.18 Å². The summed E-state index contributed by atoms with van der Waals surface area (Å²) in [4.78, 5) is 29.1. The average molecular weight is 498 g/mol. The van der Waals surface area contributed by atoms with E-state index >= 15 is 4.39 Å². The molecule has 1 unspecified atom stereocenters. The largest absolute Gasteiger partial charge is 0.435 e. The van der Waals surface area contributed by atoms with E-state index in [1.54, 1.807) is 12.1 Å². The molecule has 2 heterocycles. The number of alkyl halides is 3. The molecule has 2 amide bonds. The van der Waals surface area contributed by atoms with Crippen LogP contribution >= 0.6 is 0 Å². The van der Waals surface area contributed by atoms with Crippen LogP contribution in [0, 0.1) is 24.1 Å². The Hall–Kier alpha value is -4.53. The van der Waals surface area contributed by atoms with Gasteiger partial charge in [0.05, 0.1) is 23.9 Å². The van der Waals surface area contributed by atoms with Crippen LogP contribution in [0.4, 0.5) is 23.2 Å². The predicted octanol–water partition coefficient (Wildman–Crippen LogP) is 3.00. The van der Waals surface area contributed by atoms with Crippen LogP contribution < -0.4 is 11.5 Å². The van der Waals surface area contributed by atoms with Crippen LogP contribution in [-0.2, 0) is 27.7 Å². The molecule has 0 aliphatic carbocycles. The number of amides is 2. The van der Waals surface area contributed by atoms with Gasteiger partial charge in [0.2, 0.25) is 5.91 Å². The summed E-state index contributed by atoms with van der Waals surface area (Å²) in [5, 5.41) is 12.7. The summed E-state index contributed by atoms with van der Waals surface area (Å²) in [6.07, 6.45) is -5.84. The Morgan fingerprint density at radius 1 is 1.14 bits per heavy atom. The lowest BCUT2D eigenvalue weighted by atomic mass is 9.67. The number of nitrogens with zero attached hydrogens (tertiary/aromatic N) is 4. The fourth-order valence-corrected chi connectivity index (χ4v) is 4.51. The lowest BCUT2D eigenvalue weighted by Crippen LogP contribution is -2.49. The Morgan fingerprint density at radius 3 is 2.36 bits per heavy atom. The first-order valence-corrected chi connectivity index (χ1v) is 10.5. The third kappa shape index (κ3) is 3.88. The third-order valence-electron chi connectivity index (χ3n) is 6.13. The molecule has 1 atom stereocenters. The molecule has 0 radical (unpaired) electrons. The summed E-state index contributed by atoms with van der Waals surface area (Å²) in [6, 6.07) is 11.5. The molecule has 1 aromatic heterocycles. The highest BCUT2D eigenvalue weighted by Crippen LogP contribution is 2.50. The monoisotopic (exact) mass is 498 g/mol. The molecule has 36 heavy (non-hydrogen) atoms. The second-order valence-corrected chi connectivity index (χ2v) is 8.28. The molecule has 1 aliphatic rings. The van der Waals surface area contributed by atoms with Crippen LogP contribution in [-0.4, -0.2) is 27.3 Å². The molecule has 4 N–H and O–H groups in total. The van der Waals surface area contributed by atoms with Gasteiger partial charge in [-0.2, -0.15) is 23.5 Å². The average Bonchev–Trinajstić information content (AvgIpc) is 3.15. The number of primary amides is 2. The zero-order valence-electron chi connectivity index (χ0n) is 18.7. The van der Waals surface area contributed by atoms with Crippen LogP contribution in [0.1, 0.15) is 40.1 Å². The van der Waals surface area contributed by atoms with Crippen LogP contribution in [0.15, 0.2) is 47.5 Å². The maximum Gasteiger partial charge on any atom is 0.435 e. The summed E-state index contributed by atoms with van der Waals surface area (Å²) >= 11 is 0. The quantitative estimate of drug-likeness (QED) is 0.522. The number of benzene rings is 2.